The molecular weight excluding hydrogens is 416 g/mol. The van der Waals surface area contributed by atoms with Gasteiger partial charge in [0.05, 0.1) is 6.54 Å². The van der Waals surface area contributed by atoms with Gasteiger partial charge < -0.3 is 14.5 Å². The predicted octanol–water partition coefficient (Wildman–Crippen LogP) is 4.31. The second-order valence-electron chi connectivity index (χ2n) is 7.69. The molecule has 1 saturated carbocycles. The Kier molecular flexibility index (Phi) is 5.60. The molecule has 9 heteroatoms. The van der Waals surface area contributed by atoms with E-state index in [1.807, 2.05) is 0 Å². The van der Waals surface area contributed by atoms with Gasteiger partial charge in [-0.3, -0.25) is 9.59 Å². The third kappa shape index (κ3) is 5.15. The highest BCUT2D eigenvalue weighted by Crippen LogP contribution is 2.33. The molecule has 0 bridgehead atoms. The van der Waals surface area contributed by atoms with Gasteiger partial charge in [0.15, 0.2) is 5.78 Å². The molecule has 0 N–H and O–H groups in total. The largest absolute Gasteiger partial charge is 0.573 e. The number of anilines is 1. The lowest BCUT2D eigenvalue weighted by Gasteiger charge is -2.33. The highest BCUT2D eigenvalue weighted by Gasteiger charge is 2.35. The number of fused-ring (bicyclic) bond motifs is 1. The number of alkyl halides is 3. The molecule has 2 aromatic rings. The Morgan fingerprint density at radius 1 is 1.10 bits per heavy atom. The van der Waals surface area contributed by atoms with Gasteiger partial charge >= 0.3 is 6.36 Å². The maximum atomic E-state index is 13.9. The molecule has 164 valence electrons. The molecule has 5 nitrogen and oxygen atoms in total. The Hall–Kier alpha value is -3.10. The van der Waals surface area contributed by atoms with Gasteiger partial charge in [-0.2, -0.15) is 0 Å². The van der Waals surface area contributed by atoms with Crippen LogP contribution in [-0.2, 0) is 11.3 Å². The van der Waals surface area contributed by atoms with Crippen molar-refractivity contribution >= 4 is 17.4 Å². The van der Waals surface area contributed by atoms with Gasteiger partial charge in [0.1, 0.15) is 11.6 Å². The fourth-order valence-corrected chi connectivity index (χ4v) is 3.75. The first-order valence-electron chi connectivity index (χ1n) is 9.91. The normalized spacial score (nSPS) is 17.1. The van der Waals surface area contributed by atoms with E-state index in [2.05, 4.69) is 4.74 Å². The first-order chi connectivity index (χ1) is 14.7. The molecule has 0 aromatic heterocycles. The number of carbonyl (C=O) groups is 2. The van der Waals surface area contributed by atoms with Crippen LogP contribution in [-0.4, -0.2) is 42.1 Å². The lowest BCUT2D eigenvalue weighted by atomic mass is 10.1. The third-order valence-corrected chi connectivity index (χ3v) is 5.37. The molecule has 0 atom stereocenters. The number of rotatable bonds is 5. The zero-order valence-corrected chi connectivity index (χ0v) is 16.5. The quantitative estimate of drug-likeness (QED) is 0.518. The van der Waals surface area contributed by atoms with E-state index in [9.17, 15) is 27.2 Å². The molecule has 4 rings (SSSR count). The number of ketones is 1. The fraction of sp³-hybridized carbons (Fsp3) is 0.364. The molecular formula is C22H20F4N2O3. The van der Waals surface area contributed by atoms with Gasteiger partial charge in [-0.05, 0) is 60.9 Å². The van der Waals surface area contributed by atoms with Gasteiger partial charge in [0.2, 0.25) is 5.91 Å². The van der Waals surface area contributed by atoms with Gasteiger partial charge in [-0.25, -0.2) is 4.39 Å². The second kappa shape index (κ2) is 8.20. The van der Waals surface area contributed by atoms with Crippen LogP contribution in [0.2, 0.25) is 0 Å². The van der Waals surface area contributed by atoms with Crippen molar-refractivity contribution in [3.05, 3.63) is 59.4 Å². The number of Topliss-reactive ketones (excluding diaryl/α,β-unsaturated/α-hetero) is 1. The van der Waals surface area contributed by atoms with Gasteiger partial charge in [-0.1, -0.05) is 0 Å². The van der Waals surface area contributed by atoms with Crippen LogP contribution in [0.15, 0.2) is 42.5 Å². The lowest BCUT2D eigenvalue weighted by molar-refractivity contribution is -0.274. The van der Waals surface area contributed by atoms with Crippen LogP contribution in [0.3, 0.4) is 0 Å². The maximum absolute atomic E-state index is 13.9. The molecule has 1 aliphatic heterocycles. The van der Waals surface area contributed by atoms with Crippen molar-refractivity contribution < 1.29 is 31.9 Å². The van der Waals surface area contributed by atoms with E-state index >= 15 is 0 Å². The van der Waals surface area contributed by atoms with E-state index in [4.69, 9.17) is 0 Å². The SMILES string of the molecule is O=C(CN1CCC(=O)N(C2CC2)Cc2cc(F)ccc21)c1ccc(OC(F)(F)F)cc1. The van der Waals surface area contributed by atoms with Crippen molar-refractivity contribution in [3.63, 3.8) is 0 Å². The molecule has 2 aliphatic rings. The second-order valence-corrected chi connectivity index (χ2v) is 7.69. The molecule has 1 amide bonds. The van der Waals surface area contributed by atoms with Crippen LogP contribution >= 0.6 is 0 Å². The Morgan fingerprint density at radius 2 is 1.81 bits per heavy atom. The van der Waals surface area contributed by atoms with Crippen LogP contribution in [0, 0.1) is 5.82 Å². The van der Waals surface area contributed by atoms with Gasteiger partial charge in [0, 0.05) is 36.8 Å². The first-order valence-corrected chi connectivity index (χ1v) is 9.91. The highest BCUT2D eigenvalue weighted by molar-refractivity contribution is 5.99. The summed E-state index contributed by atoms with van der Waals surface area (Å²) in [6.45, 7) is 0.473. The number of hydrogen-bond donors (Lipinski definition) is 0. The Labute approximate surface area is 176 Å². The summed E-state index contributed by atoms with van der Waals surface area (Å²) in [5, 5.41) is 0. The molecule has 0 radical (unpaired) electrons. The van der Waals surface area contributed by atoms with Crippen molar-refractivity contribution in [1.29, 1.82) is 0 Å². The van der Waals surface area contributed by atoms with Gasteiger partial charge in [0.25, 0.3) is 0 Å². The van der Waals surface area contributed by atoms with E-state index in [0.29, 0.717) is 11.3 Å². The summed E-state index contributed by atoms with van der Waals surface area (Å²) in [7, 11) is 0. The maximum Gasteiger partial charge on any atom is 0.573 e. The zero-order valence-electron chi connectivity index (χ0n) is 16.5. The zero-order chi connectivity index (χ0) is 22.2. The molecule has 0 saturated heterocycles. The van der Waals surface area contributed by atoms with Crippen LogP contribution in [0.5, 0.6) is 5.75 Å². The third-order valence-electron chi connectivity index (χ3n) is 5.37. The van der Waals surface area contributed by atoms with Crippen LogP contribution in [0.4, 0.5) is 23.2 Å². The summed E-state index contributed by atoms with van der Waals surface area (Å²) in [5.74, 6) is -1.21. The van der Waals surface area contributed by atoms with Crippen LogP contribution < -0.4 is 9.64 Å². The number of benzene rings is 2. The summed E-state index contributed by atoms with van der Waals surface area (Å²) in [6, 6.07) is 9.16. The van der Waals surface area contributed by atoms with Crippen LogP contribution in [0.25, 0.3) is 0 Å². The lowest BCUT2D eigenvalue weighted by Crippen LogP contribution is -2.40. The van der Waals surface area contributed by atoms with Crippen molar-refractivity contribution in [2.24, 2.45) is 0 Å². The van der Waals surface area contributed by atoms with E-state index in [0.717, 1.165) is 25.0 Å². The number of ether oxygens (including phenoxy) is 1. The fourth-order valence-electron chi connectivity index (χ4n) is 3.75. The standard InChI is InChI=1S/C22H20F4N2O3/c23-16-3-8-19-15(11-16)12-28(17-4-5-17)21(30)9-10-27(19)13-20(29)14-1-6-18(7-2-14)31-22(24,25)26/h1-3,6-8,11,17H,4-5,9-10,12-13H2. The molecule has 0 unspecified atom stereocenters. The molecule has 1 heterocycles. The van der Waals surface area contributed by atoms with E-state index < -0.39 is 17.9 Å². The first kappa shape index (κ1) is 21.1. The molecule has 2 aromatic carbocycles. The average molecular weight is 436 g/mol. The van der Waals surface area contributed by atoms with Crippen molar-refractivity contribution in [3.8, 4) is 5.75 Å². The smallest absolute Gasteiger partial charge is 0.406 e. The number of halogens is 4. The monoisotopic (exact) mass is 436 g/mol. The summed E-state index contributed by atoms with van der Waals surface area (Å²) in [6.07, 6.45) is -2.71. The Bertz CT molecular complexity index is 987. The van der Waals surface area contributed by atoms with Crippen molar-refractivity contribution in [2.45, 2.75) is 38.2 Å². The van der Waals surface area contributed by atoms with E-state index in [1.165, 1.54) is 24.3 Å². The minimum Gasteiger partial charge on any atom is -0.406 e. The van der Waals surface area contributed by atoms with E-state index in [-0.39, 0.29) is 49.4 Å². The Morgan fingerprint density at radius 3 is 2.45 bits per heavy atom. The van der Waals surface area contributed by atoms with E-state index in [1.54, 1.807) is 15.9 Å². The van der Waals surface area contributed by atoms with Crippen molar-refractivity contribution in [1.82, 2.24) is 4.90 Å². The average Bonchev–Trinajstić information content (AvgIpc) is 3.52. The predicted molar refractivity (Wildman–Crippen MR) is 104 cm³/mol. The number of amides is 1. The molecule has 1 aliphatic carbocycles. The minimum absolute atomic E-state index is 0.0384. The minimum atomic E-state index is -4.81. The number of carbonyl (C=O) groups excluding carboxylic acids is 2. The van der Waals surface area contributed by atoms with Crippen LogP contribution in [0.1, 0.15) is 35.2 Å². The molecule has 1 fully saturated rings. The molecule has 31 heavy (non-hydrogen) atoms. The summed E-state index contributed by atoms with van der Waals surface area (Å²) < 4.78 is 54.6. The molecule has 0 spiro atoms. The number of hydrogen-bond acceptors (Lipinski definition) is 4. The number of nitrogens with zero attached hydrogens (tertiary/aromatic N) is 2. The van der Waals surface area contributed by atoms with Crippen molar-refractivity contribution in [2.75, 3.05) is 18.0 Å². The topological polar surface area (TPSA) is 49.9 Å². The summed E-state index contributed by atoms with van der Waals surface area (Å²) in [5.41, 5.74) is 1.51. The van der Waals surface area contributed by atoms with Gasteiger partial charge in [-0.15, -0.1) is 13.2 Å². The summed E-state index contributed by atoms with van der Waals surface area (Å²) >= 11 is 0. The highest BCUT2D eigenvalue weighted by atomic mass is 19.4. The summed E-state index contributed by atoms with van der Waals surface area (Å²) in [4.78, 5) is 28.9. The Balaban J connectivity index is 1.54.